The first kappa shape index (κ1) is 31.1. The molecule has 3 unspecified atom stereocenters. The van der Waals surface area contributed by atoms with Gasteiger partial charge >= 0.3 is 12.3 Å². The standard InChI is InChI=1S/C31H30ClF3N2O7/c1-40-22-12-20(13-23(14-22)43-16-18-10-25(18)30(39)42-3)36-28(24-7-5-19(32)11-27(24)41-2)29(38)37-9-8-17-4-6-21(15-26(17)37)44-31(33,34)35/h4-7,11-15,18,25,28,36H,8-10,16H2,1-3H3. The van der Waals surface area contributed by atoms with Gasteiger partial charge in [0, 0.05) is 53.0 Å². The van der Waals surface area contributed by atoms with E-state index < -0.39 is 24.1 Å². The first-order valence-corrected chi connectivity index (χ1v) is 14.1. The Morgan fingerprint density at radius 3 is 2.48 bits per heavy atom. The molecule has 1 aliphatic heterocycles. The Morgan fingerprint density at radius 1 is 1.00 bits per heavy atom. The molecule has 1 amide bonds. The van der Waals surface area contributed by atoms with E-state index in [9.17, 15) is 22.8 Å². The fourth-order valence-electron chi connectivity index (χ4n) is 5.23. The maximum absolute atomic E-state index is 14.3. The van der Waals surface area contributed by atoms with Crippen molar-refractivity contribution >= 4 is 34.9 Å². The molecule has 0 radical (unpaired) electrons. The van der Waals surface area contributed by atoms with E-state index >= 15 is 0 Å². The minimum absolute atomic E-state index is 0.0270. The number of methoxy groups -OCH3 is 3. The summed E-state index contributed by atoms with van der Waals surface area (Å²) in [7, 11) is 4.28. The van der Waals surface area contributed by atoms with Crippen molar-refractivity contribution in [2.24, 2.45) is 11.8 Å². The Morgan fingerprint density at radius 2 is 1.77 bits per heavy atom. The van der Waals surface area contributed by atoms with E-state index in [-0.39, 0.29) is 31.0 Å². The van der Waals surface area contributed by atoms with Crippen LogP contribution in [0.2, 0.25) is 5.02 Å². The molecule has 1 N–H and O–H groups in total. The summed E-state index contributed by atoms with van der Waals surface area (Å²) in [6, 6.07) is 12.8. The largest absolute Gasteiger partial charge is 0.573 e. The lowest BCUT2D eigenvalue weighted by atomic mass is 10.0. The highest BCUT2D eigenvalue weighted by Gasteiger charge is 2.44. The molecule has 5 rings (SSSR count). The lowest BCUT2D eigenvalue weighted by Crippen LogP contribution is -2.37. The molecule has 1 aliphatic carbocycles. The van der Waals surface area contributed by atoms with E-state index in [0.717, 1.165) is 0 Å². The van der Waals surface area contributed by atoms with Gasteiger partial charge in [-0.25, -0.2) is 0 Å². The lowest BCUT2D eigenvalue weighted by molar-refractivity contribution is -0.274. The number of amides is 1. The van der Waals surface area contributed by atoms with Crippen LogP contribution in [-0.2, 0) is 20.7 Å². The van der Waals surface area contributed by atoms with Crippen LogP contribution in [-0.4, -0.2) is 52.7 Å². The minimum Gasteiger partial charge on any atom is -0.497 e. The molecule has 1 saturated carbocycles. The quantitative estimate of drug-likeness (QED) is 0.250. The third kappa shape index (κ3) is 7.07. The van der Waals surface area contributed by atoms with Gasteiger partial charge in [0.2, 0.25) is 0 Å². The van der Waals surface area contributed by atoms with Crippen molar-refractivity contribution in [2.75, 3.05) is 44.7 Å². The fourth-order valence-corrected chi connectivity index (χ4v) is 5.40. The predicted octanol–water partition coefficient (Wildman–Crippen LogP) is 6.19. The van der Waals surface area contributed by atoms with Gasteiger partial charge in [-0.2, -0.15) is 0 Å². The van der Waals surface area contributed by atoms with E-state index in [1.807, 2.05) is 0 Å². The van der Waals surface area contributed by atoms with Crippen LogP contribution in [0.15, 0.2) is 54.6 Å². The summed E-state index contributed by atoms with van der Waals surface area (Å²) in [5, 5.41) is 3.63. The number of nitrogens with zero attached hydrogens (tertiary/aromatic N) is 1. The van der Waals surface area contributed by atoms with Crippen LogP contribution in [0.3, 0.4) is 0 Å². The third-order valence-corrected chi connectivity index (χ3v) is 7.76. The Hall–Kier alpha value is -4.32. The molecule has 1 heterocycles. The van der Waals surface area contributed by atoms with E-state index in [1.165, 1.54) is 44.4 Å². The number of alkyl halides is 3. The van der Waals surface area contributed by atoms with Crippen molar-refractivity contribution in [2.45, 2.75) is 25.2 Å². The molecule has 3 atom stereocenters. The number of rotatable bonds is 11. The van der Waals surface area contributed by atoms with Crippen molar-refractivity contribution in [3.8, 4) is 23.0 Å². The van der Waals surface area contributed by atoms with Crippen LogP contribution >= 0.6 is 11.6 Å². The van der Waals surface area contributed by atoms with Gasteiger partial charge in [-0.3, -0.25) is 9.59 Å². The lowest BCUT2D eigenvalue weighted by Gasteiger charge is -2.27. The van der Waals surface area contributed by atoms with E-state index in [2.05, 4.69) is 10.1 Å². The van der Waals surface area contributed by atoms with Crippen molar-refractivity contribution in [1.82, 2.24) is 0 Å². The van der Waals surface area contributed by atoms with Gasteiger partial charge in [0.1, 0.15) is 29.0 Å². The number of hydrogen-bond donors (Lipinski definition) is 1. The second-order valence-corrected chi connectivity index (χ2v) is 10.8. The number of nitrogens with one attached hydrogen (secondary N) is 1. The zero-order chi connectivity index (χ0) is 31.6. The average molecular weight is 635 g/mol. The van der Waals surface area contributed by atoms with E-state index in [4.69, 9.17) is 30.5 Å². The van der Waals surface area contributed by atoms with E-state index in [1.54, 1.807) is 36.4 Å². The third-order valence-electron chi connectivity index (χ3n) is 7.52. The highest BCUT2D eigenvalue weighted by molar-refractivity contribution is 6.30. The van der Waals surface area contributed by atoms with Gasteiger partial charge in [-0.05, 0) is 36.6 Å². The number of esters is 1. The molecule has 2 aliphatic rings. The molecule has 0 aromatic heterocycles. The van der Waals surface area contributed by atoms with E-state index in [0.29, 0.717) is 57.6 Å². The second kappa shape index (κ2) is 12.7. The summed E-state index contributed by atoms with van der Waals surface area (Å²) in [5.41, 5.74) is 1.93. The molecule has 44 heavy (non-hydrogen) atoms. The van der Waals surface area contributed by atoms with Crippen LogP contribution < -0.4 is 29.2 Å². The predicted molar refractivity (Wildman–Crippen MR) is 156 cm³/mol. The summed E-state index contributed by atoms with van der Waals surface area (Å²) in [6.07, 6.45) is -3.77. The normalized spacial score (nSPS) is 17.8. The Kier molecular flexibility index (Phi) is 9.00. The molecule has 3 aromatic carbocycles. The van der Waals surface area contributed by atoms with Crippen molar-refractivity contribution in [1.29, 1.82) is 0 Å². The smallest absolute Gasteiger partial charge is 0.497 e. The molecule has 1 fully saturated rings. The number of ether oxygens (including phenoxy) is 5. The highest BCUT2D eigenvalue weighted by atomic mass is 35.5. The molecular weight excluding hydrogens is 605 g/mol. The average Bonchev–Trinajstić information content (AvgIpc) is 3.66. The second-order valence-electron chi connectivity index (χ2n) is 10.4. The summed E-state index contributed by atoms with van der Waals surface area (Å²) >= 11 is 6.21. The SMILES string of the molecule is COC(=O)C1CC1COc1cc(NC(C(=O)N2CCc3ccc(OC(F)(F)F)cc32)c2ccc(Cl)cc2OC)cc(OC)c1. The number of benzene rings is 3. The molecule has 0 bridgehead atoms. The topological polar surface area (TPSA) is 95.6 Å². The number of carbonyl (C=O) groups is 2. The zero-order valence-corrected chi connectivity index (χ0v) is 24.8. The maximum Gasteiger partial charge on any atom is 0.573 e. The Labute approximate surface area is 256 Å². The van der Waals surface area contributed by atoms with Crippen molar-refractivity contribution in [3.63, 3.8) is 0 Å². The summed E-state index contributed by atoms with van der Waals surface area (Å²) < 4.78 is 64.7. The Balaban J connectivity index is 1.46. The number of hydrogen-bond acceptors (Lipinski definition) is 8. The van der Waals surface area contributed by atoms with Crippen LogP contribution in [0, 0.1) is 11.8 Å². The van der Waals surface area contributed by atoms with Gasteiger partial charge in [0.25, 0.3) is 5.91 Å². The van der Waals surface area contributed by atoms with Gasteiger partial charge in [0.05, 0.1) is 39.5 Å². The maximum atomic E-state index is 14.3. The molecule has 0 saturated heterocycles. The number of halogens is 4. The van der Waals surface area contributed by atoms with Crippen LogP contribution in [0.5, 0.6) is 23.0 Å². The molecule has 0 spiro atoms. The van der Waals surface area contributed by atoms with Gasteiger partial charge in [-0.15, -0.1) is 13.2 Å². The van der Waals surface area contributed by atoms with Crippen molar-refractivity contribution in [3.05, 3.63) is 70.7 Å². The molecular formula is C31H30ClF3N2O7. The number of fused-ring (bicyclic) bond motifs is 1. The van der Waals surface area contributed by atoms with Gasteiger partial charge in [0.15, 0.2) is 0 Å². The number of carbonyl (C=O) groups excluding carboxylic acids is 2. The summed E-state index contributed by atoms with van der Waals surface area (Å²) in [5.74, 6) is -0.101. The monoisotopic (exact) mass is 634 g/mol. The fraction of sp³-hybridized carbons (Fsp3) is 0.355. The Bertz CT molecular complexity index is 1550. The summed E-state index contributed by atoms with van der Waals surface area (Å²) in [6.45, 7) is 0.527. The van der Waals surface area contributed by atoms with Gasteiger partial charge in [-0.1, -0.05) is 23.7 Å². The highest BCUT2D eigenvalue weighted by Crippen LogP contribution is 2.41. The first-order chi connectivity index (χ1) is 21.0. The van der Waals surface area contributed by atoms with Crippen LogP contribution in [0.25, 0.3) is 0 Å². The molecule has 234 valence electrons. The van der Waals surface area contributed by atoms with Crippen LogP contribution in [0.1, 0.15) is 23.6 Å². The minimum atomic E-state index is -4.88. The van der Waals surface area contributed by atoms with Crippen molar-refractivity contribution < 1.29 is 46.4 Å². The molecule has 3 aromatic rings. The first-order valence-electron chi connectivity index (χ1n) is 13.7. The summed E-state index contributed by atoms with van der Waals surface area (Å²) in [4.78, 5) is 27.5. The molecule has 9 nitrogen and oxygen atoms in total. The zero-order valence-electron chi connectivity index (χ0n) is 24.1. The van der Waals surface area contributed by atoms with Gasteiger partial charge < -0.3 is 33.9 Å². The molecule has 13 heteroatoms. The number of anilines is 2. The van der Waals surface area contributed by atoms with Crippen LogP contribution in [0.4, 0.5) is 24.5 Å².